The lowest BCUT2D eigenvalue weighted by molar-refractivity contribution is 0.0288. The molecule has 1 spiro atoms. The maximum absolute atomic E-state index is 14.5. The van der Waals surface area contributed by atoms with Gasteiger partial charge < -0.3 is 30.9 Å². The van der Waals surface area contributed by atoms with Gasteiger partial charge in [0.05, 0.1) is 21.8 Å². The van der Waals surface area contributed by atoms with Gasteiger partial charge in [0.2, 0.25) is 0 Å². The van der Waals surface area contributed by atoms with Crippen molar-refractivity contribution < 1.29 is 13.5 Å². The smallest absolute Gasteiger partial charge is 0.320 e. The summed E-state index contributed by atoms with van der Waals surface area (Å²) in [4.78, 5) is 20.0. The molecule has 2 fully saturated rings. The lowest BCUT2D eigenvalue weighted by Gasteiger charge is -2.48. The number of hydrogen-bond acceptors (Lipinski definition) is 13. The van der Waals surface area contributed by atoms with E-state index in [4.69, 9.17) is 16.2 Å². The van der Waals surface area contributed by atoms with Crippen LogP contribution in [0.2, 0.25) is 0 Å². The summed E-state index contributed by atoms with van der Waals surface area (Å²) in [5.41, 5.74) is 13.4. The van der Waals surface area contributed by atoms with Crippen molar-refractivity contribution in [2.45, 2.75) is 35.8 Å². The minimum absolute atomic E-state index is 0.0914. The molecule has 5 heterocycles. The molecule has 11 nitrogen and oxygen atoms in total. The lowest BCUT2D eigenvalue weighted by atomic mass is 9.88. The van der Waals surface area contributed by atoms with E-state index in [2.05, 4.69) is 27.1 Å². The number of hydrogen-bond donors (Lipinski definition) is 2. The highest BCUT2D eigenvalue weighted by molar-refractivity contribution is 8.00. The molecule has 2 atom stereocenters. The van der Waals surface area contributed by atoms with Gasteiger partial charge in [-0.3, -0.25) is 0 Å². The number of nitrogens with two attached hydrogens (primary N) is 2. The molecule has 44 heavy (non-hydrogen) atoms. The molecule has 1 unspecified atom stereocenters. The number of halogens is 2. The molecule has 3 aromatic rings. The molecule has 4 N–H and O–H groups in total. The molecule has 0 radical (unpaired) electrons. The van der Waals surface area contributed by atoms with E-state index in [1.165, 1.54) is 11.3 Å². The van der Waals surface area contributed by atoms with Crippen molar-refractivity contribution in [1.82, 2.24) is 19.9 Å². The Labute approximate surface area is 262 Å². The molecule has 0 aromatic carbocycles. The molecule has 1 saturated heterocycles. The maximum Gasteiger partial charge on any atom is 0.320 e. The molecular weight excluding hydrogens is 607 g/mol. The first kappa shape index (κ1) is 30.1. The first-order valence-corrected chi connectivity index (χ1v) is 15.8. The third kappa shape index (κ3) is 4.74. The number of thiophene rings is 1. The van der Waals surface area contributed by atoms with Crippen LogP contribution in [0.1, 0.15) is 46.5 Å². The molecule has 1 aliphatic carbocycles. The number of ether oxygens (including phenoxy) is 1. The Kier molecular flexibility index (Phi) is 7.26. The fraction of sp³-hybridized carbons (Fsp3) is 0.483. The Morgan fingerprint density at radius 3 is 2.48 bits per heavy atom. The predicted molar refractivity (Wildman–Crippen MR) is 167 cm³/mol. The van der Waals surface area contributed by atoms with Crippen LogP contribution in [-0.4, -0.2) is 73.2 Å². The van der Waals surface area contributed by atoms with Gasteiger partial charge in [-0.15, -0.1) is 23.1 Å². The second-order valence-corrected chi connectivity index (χ2v) is 14.5. The number of aromatic nitrogens is 3. The summed E-state index contributed by atoms with van der Waals surface area (Å²) >= 11 is 3.19. The molecule has 2 aliphatic heterocycles. The van der Waals surface area contributed by atoms with Gasteiger partial charge in [-0.1, -0.05) is 6.07 Å². The standard InChI is InChI=1S/C29H32F2N10OS2/c1-16(17-6-5-7-36-22(17)34)40(4)24-19(9-33)25(38-26(37-24)42-15-27(12-39(2)3)11-29(27,30)31)41-13-28(14-41)21-18(8-32)23(35)44-20(21)10-43-28/h5-7,16H,10-15,35H2,1-4H3,(H2,34,36)/t16-,27?/m1/s1. The van der Waals surface area contributed by atoms with Gasteiger partial charge in [0.25, 0.3) is 5.92 Å². The monoisotopic (exact) mass is 638 g/mol. The van der Waals surface area contributed by atoms with E-state index >= 15 is 0 Å². The zero-order valence-corrected chi connectivity index (χ0v) is 26.4. The van der Waals surface area contributed by atoms with Crippen molar-refractivity contribution in [3.05, 3.63) is 45.5 Å². The molecular formula is C29H32F2N10OS2. The molecule has 15 heteroatoms. The summed E-state index contributed by atoms with van der Waals surface area (Å²) in [6, 6.07) is 7.74. The average molecular weight is 639 g/mol. The van der Waals surface area contributed by atoms with Crippen molar-refractivity contribution in [2.75, 3.05) is 68.7 Å². The topological polar surface area (TPSA) is 157 Å². The van der Waals surface area contributed by atoms with Gasteiger partial charge >= 0.3 is 6.01 Å². The Balaban J connectivity index is 1.37. The lowest BCUT2D eigenvalue weighted by Crippen LogP contribution is -2.57. The average Bonchev–Trinajstić information content (AvgIpc) is 3.20. The van der Waals surface area contributed by atoms with E-state index in [-0.39, 0.29) is 47.8 Å². The molecule has 3 aromatic heterocycles. The van der Waals surface area contributed by atoms with Crippen LogP contribution in [0.4, 0.5) is 31.2 Å². The number of rotatable bonds is 9. The van der Waals surface area contributed by atoms with Crippen molar-refractivity contribution in [2.24, 2.45) is 5.41 Å². The van der Waals surface area contributed by atoms with E-state index in [0.29, 0.717) is 35.3 Å². The second-order valence-electron chi connectivity index (χ2n) is 12.0. The van der Waals surface area contributed by atoms with E-state index in [1.54, 1.807) is 55.0 Å². The van der Waals surface area contributed by atoms with Gasteiger partial charge in [-0.2, -0.15) is 20.5 Å². The number of alkyl halides is 2. The minimum atomic E-state index is -2.86. The number of fused-ring (bicyclic) bond motifs is 2. The summed E-state index contributed by atoms with van der Waals surface area (Å²) in [5, 5.41) is 20.7. The van der Waals surface area contributed by atoms with Crippen LogP contribution in [0.3, 0.4) is 0 Å². The third-order valence-corrected chi connectivity index (χ3v) is 11.4. The van der Waals surface area contributed by atoms with Crippen LogP contribution in [0.5, 0.6) is 6.01 Å². The Bertz CT molecular complexity index is 1710. The second kappa shape index (κ2) is 10.6. The number of pyridine rings is 1. The number of nitrogen functional groups attached to an aromatic ring is 2. The van der Waals surface area contributed by atoms with Crippen LogP contribution in [0.15, 0.2) is 18.3 Å². The van der Waals surface area contributed by atoms with E-state index in [1.807, 2.05) is 17.9 Å². The van der Waals surface area contributed by atoms with E-state index in [0.717, 1.165) is 21.8 Å². The Morgan fingerprint density at radius 2 is 1.86 bits per heavy atom. The molecule has 1 saturated carbocycles. The first-order valence-electron chi connectivity index (χ1n) is 14.0. The number of thioether (sulfide) groups is 1. The summed E-state index contributed by atoms with van der Waals surface area (Å²) < 4.78 is 34.7. The summed E-state index contributed by atoms with van der Waals surface area (Å²) in [6.45, 7) is 2.75. The largest absolute Gasteiger partial charge is 0.462 e. The number of nitriles is 2. The fourth-order valence-corrected chi connectivity index (χ4v) is 9.05. The van der Waals surface area contributed by atoms with Gasteiger partial charge in [0.1, 0.15) is 35.1 Å². The van der Waals surface area contributed by atoms with Crippen molar-refractivity contribution >= 4 is 45.6 Å². The van der Waals surface area contributed by atoms with E-state index < -0.39 is 11.3 Å². The maximum atomic E-state index is 14.5. The highest BCUT2D eigenvalue weighted by Gasteiger charge is 2.71. The molecule has 3 aliphatic rings. The Morgan fingerprint density at radius 1 is 1.16 bits per heavy atom. The molecule has 230 valence electrons. The van der Waals surface area contributed by atoms with Crippen LogP contribution in [0, 0.1) is 28.1 Å². The Hall–Kier alpha value is -3.92. The summed E-state index contributed by atoms with van der Waals surface area (Å²) in [6.07, 6.45) is 1.31. The fourth-order valence-electron chi connectivity index (χ4n) is 6.24. The highest BCUT2D eigenvalue weighted by atomic mass is 32.2. The minimum Gasteiger partial charge on any atom is -0.462 e. The van der Waals surface area contributed by atoms with Gasteiger partial charge in [-0.05, 0) is 27.1 Å². The van der Waals surface area contributed by atoms with Crippen molar-refractivity contribution in [1.29, 1.82) is 10.5 Å². The van der Waals surface area contributed by atoms with Crippen LogP contribution in [-0.2, 0) is 10.5 Å². The summed E-state index contributed by atoms with van der Waals surface area (Å²) in [5.74, 6) is -1.13. The van der Waals surface area contributed by atoms with Gasteiger partial charge in [0, 0.05) is 61.1 Å². The molecule has 0 bridgehead atoms. The van der Waals surface area contributed by atoms with Crippen LogP contribution < -0.4 is 26.0 Å². The zero-order valence-electron chi connectivity index (χ0n) is 24.8. The van der Waals surface area contributed by atoms with Gasteiger partial charge in [0.15, 0.2) is 11.6 Å². The van der Waals surface area contributed by atoms with Crippen LogP contribution >= 0.6 is 23.1 Å². The van der Waals surface area contributed by atoms with Crippen molar-refractivity contribution in [3.8, 4) is 18.1 Å². The highest BCUT2D eigenvalue weighted by Crippen LogP contribution is 2.61. The summed E-state index contributed by atoms with van der Waals surface area (Å²) in [7, 11) is 5.27. The van der Waals surface area contributed by atoms with Crippen molar-refractivity contribution in [3.63, 3.8) is 0 Å². The zero-order chi connectivity index (χ0) is 31.6. The predicted octanol–water partition coefficient (Wildman–Crippen LogP) is 3.97. The quantitative estimate of drug-likeness (QED) is 0.348. The van der Waals surface area contributed by atoms with Crippen LogP contribution in [0.25, 0.3) is 0 Å². The molecule has 6 rings (SSSR count). The first-order chi connectivity index (χ1) is 20.8. The number of anilines is 4. The van der Waals surface area contributed by atoms with E-state index in [9.17, 15) is 19.3 Å². The normalized spacial score (nSPS) is 21.3. The third-order valence-electron chi connectivity index (χ3n) is 8.75. The SMILES string of the molecule is C[C@H](c1cccnc1N)N(C)c1nc(OCC2(CN(C)C)CC2(F)F)nc(N2CC3(C2)SCc2sc(N)c(C#N)c23)c1C#N. The molecule has 0 amide bonds. The van der Waals surface area contributed by atoms with Gasteiger partial charge in [-0.25, -0.2) is 13.8 Å². The number of nitrogens with zero attached hydrogens (tertiary/aromatic N) is 8.